The lowest BCUT2D eigenvalue weighted by Gasteiger charge is -2.24. The first-order valence-corrected chi connectivity index (χ1v) is 6.21. The van der Waals surface area contributed by atoms with E-state index in [1.54, 1.807) is 20.8 Å². The number of esters is 1. The molecule has 0 fully saturated rings. The molecule has 19 heavy (non-hydrogen) atoms. The van der Waals surface area contributed by atoms with Crippen molar-refractivity contribution < 1.29 is 32.6 Å². The highest BCUT2D eigenvalue weighted by atomic mass is 19.3. The summed E-state index contributed by atoms with van der Waals surface area (Å²) in [6.45, 7) is 5.26. The third-order valence-electron chi connectivity index (χ3n) is 2.16. The van der Waals surface area contributed by atoms with E-state index in [4.69, 9.17) is 14.2 Å². The van der Waals surface area contributed by atoms with Crippen LogP contribution in [0.1, 0.15) is 27.2 Å². The number of alkyl halides is 2. The van der Waals surface area contributed by atoms with E-state index in [9.17, 15) is 18.4 Å². The number of ether oxygens (including phenoxy) is 3. The van der Waals surface area contributed by atoms with Gasteiger partial charge in [0.2, 0.25) is 5.78 Å². The van der Waals surface area contributed by atoms with Crippen molar-refractivity contribution in [3.8, 4) is 0 Å². The van der Waals surface area contributed by atoms with Crippen LogP contribution in [0.25, 0.3) is 0 Å². The molecule has 5 nitrogen and oxygen atoms in total. The van der Waals surface area contributed by atoms with E-state index in [2.05, 4.69) is 0 Å². The van der Waals surface area contributed by atoms with Crippen LogP contribution in [-0.4, -0.2) is 44.3 Å². The molecule has 0 aromatic carbocycles. The summed E-state index contributed by atoms with van der Waals surface area (Å²) in [5, 5.41) is 0. The molecule has 0 spiro atoms. The van der Waals surface area contributed by atoms with Crippen LogP contribution in [0.2, 0.25) is 0 Å². The van der Waals surface area contributed by atoms with Crippen molar-refractivity contribution in [3.05, 3.63) is 0 Å². The number of carbonyl (C=O) groups is 2. The molecule has 7 heteroatoms. The summed E-state index contributed by atoms with van der Waals surface area (Å²) in [6, 6.07) is 0. The van der Waals surface area contributed by atoms with Crippen LogP contribution in [0.4, 0.5) is 8.78 Å². The number of hydrogen-bond donors (Lipinski definition) is 0. The highest BCUT2D eigenvalue weighted by Gasteiger charge is 2.41. The molecule has 112 valence electrons. The molecular weight excluding hydrogens is 262 g/mol. The lowest BCUT2D eigenvalue weighted by atomic mass is 10.0. The van der Waals surface area contributed by atoms with Crippen LogP contribution in [0.5, 0.6) is 0 Å². The number of hydrogen-bond acceptors (Lipinski definition) is 5. The van der Waals surface area contributed by atoms with Gasteiger partial charge in [0, 0.05) is 13.2 Å². The van der Waals surface area contributed by atoms with Crippen LogP contribution >= 0.6 is 0 Å². The Bertz CT molecular complexity index is 277. The third kappa shape index (κ3) is 6.07. The van der Waals surface area contributed by atoms with Gasteiger partial charge in [0.05, 0.1) is 6.61 Å². The summed E-state index contributed by atoms with van der Waals surface area (Å²) in [5.74, 6) is -4.35. The SMILES string of the molecule is CCCOC(=O)C(C(=O)C(F)F)C(OCC)OCC. The Hall–Kier alpha value is -1.08. The number of ketones is 1. The van der Waals surface area contributed by atoms with Gasteiger partial charge in [0.25, 0.3) is 6.43 Å². The Morgan fingerprint density at radius 2 is 1.58 bits per heavy atom. The van der Waals surface area contributed by atoms with Crippen molar-refractivity contribution >= 4 is 11.8 Å². The third-order valence-corrected chi connectivity index (χ3v) is 2.16. The molecule has 0 amide bonds. The Balaban J connectivity index is 4.99. The number of rotatable bonds is 10. The Labute approximate surface area is 111 Å². The number of Topliss-reactive ketones (excluding diaryl/α,β-unsaturated/α-hetero) is 1. The molecule has 0 heterocycles. The lowest BCUT2D eigenvalue weighted by molar-refractivity contribution is -0.194. The molecule has 0 aliphatic heterocycles. The van der Waals surface area contributed by atoms with Crippen molar-refractivity contribution in [2.45, 2.75) is 39.9 Å². The summed E-state index contributed by atoms with van der Waals surface area (Å²) < 4.78 is 39.9. The van der Waals surface area contributed by atoms with Gasteiger partial charge in [0.15, 0.2) is 12.2 Å². The average Bonchev–Trinajstić information content (AvgIpc) is 2.36. The number of carbonyl (C=O) groups excluding carboxylic acids is 2. The zero-order chi connectivity index (χ0) is 14.8. The fourth-order valence-electron chi connectivity index (χ4n) is 1.36. The lowest BCUT2D eigenvalue weighted by Crippen LogP contribution is -2.42. The van der Waals surface area contributed by atoms with E-state index in [-0.39, 0.29) is 19.8 Å². The number of halogens is 2. The molecule has 1 unspecified atom stereocenters. The van der Waals surface area contributed by atoms with E-state index in [0.29, 0.717) is 6.42 Å². The van der Waals surface area contributed by atoms with Crippen molar-refractivity contribution in [1.29, 1.82) is 0 Å². The second-order valence-electron chi connectivity index (χ2n) is 3.63. The van der Waals surface area contributed by atoms with E-state index >= 15 is 0 Å². The van der Waals surface area contributed by atoms with Crippen LogP contribution in [-0.2, 0) is 23.8 Å². The van der Waals surface area contributed by atoms with E-state index < -0.39 is 30.4 Å². The van der Waals surface area contributed by atoms with Gasteiger partial charge in [-0.15, -0.1) is 0 Å². The minimum Gasteiger partial charge on any atom is -0.465 e. The quantitative estimate of drug-likeness (QED) is 0.347. The Morgan fingerprint density at radius 1 is 1.05 bits per heavy atom. The molecule has 0 saturated heterocycles. The summed E-state index contributed by atoms with van der Waals surface area (Å²) in [4.78, 5) is 23.1. The smallest absolute Gasteiger partial charge is 0.321 e. The molecular formula is C12H20F2O5. The van der Waals surface area contributed by atoms with Gasteiger partial charge in [-0.2, -0.15) is 0 Å². The predicted octanol–water partition coefficient (Wildman–Crippen LogP) is 1.79. The monoisotopic (exact) mass is 282 g/mol. The molecule has 1 atom stereocenters. The predicted molar refractivity (Wildman–Crippen MR) is 62.8 cm³/mol. The Morgan fingerprint density at radius 3 is 1.95 bits per heavy atom. The fraction of sp³-hybridized carbons (Fsp3) is 0.833. The first kappa shape index (κ1) is 17.9. The normalized spacial score (nSPS) is 12.8. The molecule has 0 aromatic heterocycles. The van der Waals surface area contributed by atoms with Crippen LogP contribution in [0, 0.1) is 5.92 Å². The van der Waals surface area contributed by atoms with Crippen molar-refractivity contribution in [2.75, 3.05) is 19.8 Å². The summed E-state index contributed by atoms with van der Waals surface area (Å²) in [7, 11) is 0. The average molecular weight is 282 g/mol. The fourth-order valence-corrected chi connectivity index (χ4v) is 1.36. The summed E-state index contributed by atoms with van der Waals surface area (Å²) in [6.07, 6.45) is -4.10. The van der Waals surface area contributed by atoms with Crippen molar-refractivity contribution in [3.63, 3.8) is 0 Å². The van der Waals surface area contributed by atoms with Gasteiger partial charge in [-0.3, -0.25) is 9.59 Å². The van der Waals surface area contributed by atoms with Gasteiger partial charge < -0.3 is 14.2 Å². The van der Waals surface area contributed by atoms with Crippen molar-refractivity contribution in [1.82, 2.24) is 0 Å². The first-order chi connectivity index (χ1) is 8.99. The maximum Gasteiger partial charge on any atom is 0.321 e. The minimum absolute atomic E-state index is 0.0524. The molecule has 0 bridgehead atoms. The highest BCUT2D eigenvalue weighted by molar-refractivity contribution is 6.01. The van der Waals surface area contributed by atoms with Crippen molar-refractivity contribution in [2.24, 2.45) is 5.92 Å². The van der Waals surface area contributed by atoms with Crippen LogP contribution < -0.4 is 0 Å². The standard InChI is InChI=1S/C12H20F2O5/c1-4-7-19-11(16)8(9(15)10(13)14)12(17-5-2)18-6-3/h8,10,12H,4-7H2,1-3H3. The summed E-state index contributed by atoms with van der Waals surface area (Å²) in [5.41, 5.74) is 0. The van der Waals surface area contributed by atoms with E-state index in [1.807, 2.05) is 0 Å². The van der Waals surface area contributed by atoms with E-state index in [1.165, 1.54) is 0 Å². The molecule has 0 saturated carbocycles. The van der Waals surface area contributed by atoms with Gasteiger partial charge >= 0.3 is 5.97 Å². The molecule has 0 aliphatic carbocycles. The second kappa shape index (κ2) is 9.80. The molecule has 0 rings (SSSR count). The topological polar surface area (TPSA) is 61.8 Å². The minimum atomic E-state index is -3.28. The van der Waals surface area contributed by atoms with E-state index in [0.717, 1.165) is 0 Å². The van der Waals surface area contributed by atoms with Gasteiger partial charge in [0.1, 0.15) is 0 Å². The highest BCUT2D eigenvalue weighted by Crippen LogP contribution is 2.17. The first-order valence-electron chi connectivity index (χ1n) is 6.21. The summed E-state index contributed by atoms with van der Waals surface area (Å²) >= 11 is 0. The van der Waals surface area contributed by atoms with Gasteiger partial charge in [-0.1, -0.05) is 6.92 Å². The molecule has 0 N–H and O–H groups in total. The molecule has 0 radical (unpaired) electrons. The second-order valence-corrected chi connectivity index (χ2v) is 3.63. The zero-order valence-corrected chi connectivity index (χ0v) is 11.4. The maximum absolute atomic E-state index is 12.5. The zero-order valence-electron chi connectivity index (χ0n) is 11.4. The van der Waals surface area contributed by atoms with Crippen LogP contribution in [0.15, 0.2) is 0 Å². The largest absolute Gasteiger partial charge is 0.465 e. The van der Waals surface area contributed by atoms with Gasteiger partial charge in [-0.05, 0) is 20.3 Å². The van der Waals surface area contributed by atoms with Crippen LogP contribution in [0.3, 0.4) is 0 Å². The molecule has 0 aliphatic rings. The Kier molecular flexibility index (Phi) is 9.24. The maximum atomic E-state index is 12.5. The molecule has 0 aromatic rings. The van der Waals surface area contributed by atoms with Gasteiger partial charge in [-0.25, -0.2) is 8.78 Å².